The molecule has 0 aliphatic carbocycles. The summed E-state index contributed by atoms with van der Waals surface area (Å²) in [4.78, 5) is 18.2. The van der Waals surface area contributed by atoms with Gasteiger partial charge in [-0.05, 0) is 48.9 Å². The number of carbonyl (C=O) groups excluding carboxylic acids is 1. The van der Waals surface area contributed by atoms with E-state index in [1.807, 2.05) is 67.6 Å². The molecule has 2 aromatic carbocycles. The highest BCUT2D eigenvalue weighted by Crippen LogP contribution is 2.22. The number of amides is 2. The first-order valence-corrected chi connectivity index (χ1v) is 10.1. The fourth-order valence-electron chi connectivity index (χ4n) is 2.46. The second kappa shape index (κ2) is 9.50. The van der Waals surface area contributed by atoms with Gasteiger partial charge in [0.05, 0.1) is 17.1 Å². The summed E-state index contributed by atoms with van der Waals surface area (Å²) >= 11 is 4.83. The molecule has 0 saturated carbocycles. The van der Waals surface area contributed by atoms with E-state index in [-0.39, 0.29) is 6.03 Å². The Labute approximate surface area is 175 Å². The summed E-state index contributed by atoms with van der Waals surface area (Å²) in [7, 11) is 0. The predicted molar refractivity (Wildman–Crippen MR) is 117 cm³/mol. The molecule has 8 heteroatoms. The van der Waals surface area contributed by atoms with Crippen molar-refractivity contribution in [3.05, 3.63) is 80.5 Å². The number of para-hydroxylation sites is 1. The monoisotopic (exact) mass is 458 g/mol. The number of nitrogens with zero attached hydrogens (tertiary/aromatic N) is 1. The summed E-state index contributed by atoms with van der Waals surface area (Å²) in [5.74, 6) is 0.346. The molecule has 144 valence electrons. The first kappa shape index (κ1) is 20.1. The van der Waals surface area contributed by atoms with Crippen LogP contribution in [0.5, 0.6) is 0 Å². The molecule has 2 amide bonds. The maximum atomic E-state index is 12.1. The summed E-state index contributed by atoms with van der Waals surface area (Å²) in [5, 5.41) is 15.1. The van der Waals surface area contributed by atoms with Crippen LogP contribution in [0.4, 0.5) is 16.2 Å². The number of aliphatic imine (C=N–C) groups is 1. The fourth-order valence-corrected chi connectivity index (χ4v) is 3.73. The zero-order chi connectivity index (χ0) is 19.9. The van der Waals surface area contributed by atoms with Crippen LogP contribution >= 0.6 is 27.3 Å². The Bertz CT molecular complexity index is 1000. The number of hydroxylamine groups is 1. The van der Waals surface area contributed by atoms with Gasteiger partial charge >= 0.3 is 6.03 Å². The average molecular weight is 459 g/mol. The minimum atomic E-state index is -0.271. The number of rotatable bonds is 5. The van der Waals surface area contributed by atoms with Gasteiger partial charge in [0, 0.05) is 15.0 Å². The molecule has 0 saturated heterocycles. The van der Waals surface area contributed by atoms with Crippen LogP contribution < -0.4 is 16.1 Å². The van der Waals surface area contributed by atoms with E-state index < -0.39 is 0 Å². The molecule has 3 aromatic rings. The largest absolute Gasteiger partial charge is 0.333 e. The topological polar surface area (TPSA) is 85.8 Å². The zero-order valence-electron chi connectivity index (χ0n) is 15.1. The third-order valence-corrected chi connectivity index (χ3v) is 5.45. The molecule has 0 aliphatic heterocycles. The van der Waals surface area contributed by atoms with Gasteiger partial charge < -0.3 is 10.6 Å². The van der Waals surface area contributed by atoms with Crippen LogP contribution in [0.15, 0.2) is 70.1 Å². The summed E-state index contributed by atoms with van der Waals surface area (Å²) in [6.07, 6.45) is 0. The van der Waals surface area contributed by atoms with Gasteiger partial charge in [-0.2, -0.15) is 0 Å². The summed E-state index contributed by atoms with van der Waals surface area (Å²) in [5.41, 5.74) is 4.63. The quantitative estimate of drug-likeness (QED) is 0.240. The van der Waals surface area contributed by atoms with Crippen LogP contribution in [0.25, 0.3) is 0 Å². The summed E-state index contributed by atoms with van der Waals surface area (Å²) < 4.78 is 0.904. The number of aryl methyl sites for hydroxylation is 1. The highest BCUT2D eigenvalue weighted by Gasteiger charge is 2.09. The van der Waals surface area contributed by atoms with Gasteiger partial charge in [0.1, 0.15) is 0 Å². The van der Waals surface area contributed by atoms with Gasteiger partial charge in [-0.15, -0.1) is 11.3 Å². The lowest BCUT2D eigenvalue weighted by molar-refractivity contribution is 0.235. The lowest BCUT2D eigenvalue weighted by Gasteiger charge is -2.09. The van der Waals surface area contributed by atoms with E-state index in [1.165, 1.54) is 11.3 Å². The molecule has 0 radical (unpaired) electrons. The van der Waals surface area contributed by atoms with Crippen LogP contribution in [0.3, 0.4) is 0 Å². The van der Waals surface area contributed by atoms with Crippen LogP contribution in [0.1, 0.15) is 15.3 Å². The van der Waals surface area contributed by atoms with Gasteiger partial charge in [0.15, 0.2) is 5.84 Å². The summed E-state index contributed by atoms with van der Waals surface area (Å²) in [6, 6.07) is 18.5. The molecule has 1 aromatic heterocycles. The molecule has 3 rings (SSSR count). The number of anilines is 1. The average Bonchev–Trinajstić information content (AvgIpc) is 3.15. The van der Waals surface area contributed by atoms with Crippen molar-refractivity contribution in [2.24, 2.45) is 4.99 Å². The lowest BCUT2D eigenvalue weighted by Crippen LogP contribution is -2.28. The van der Waals surface area contributed by atoms with Crippen molar-refractivity contribution in [2.45, 2.75) is 13.5 Å². The first-order chi connectivity index (χ1) is 13.5. The molecule has 0 aliphatic rings. The molecule has 1 heterocycles. The lowest BCUT2D eigenvalue weighted by atomic mass is 10.2. The molecule has 0 fully saturated rings. The molecule has 0 bridgehead atoms. The molecule has 0 unspecified atom stereocenters. The molecule has 0 atom stereocenters. The Hall–Kier alpha value is -2.68. The summed E-state index contributed by atoms with van der Waals surface area (Å²) in [6.45, 7) is 2.31. The van der Waals surface area contributed by atoms with Crippen molar-refractivity contribution < 1.29 is 10.0 Å². The fraction of sp³-hybridized carbons (Fsp3) is 0.100. The third kappa shape index (κ3) is 5.41. The number of benzene rings is 2. The number of urea groups is 1. The maximum absolute atomic E-state index is 12.1. The minimum Gasteiger partial charge on any atom is -0.333 e. The number of hydrogen-bond acceptors (Lipinski definition) is 4. The van der Waals surface area contributed by atoms with E-state index in [0.29, 0.717) is 18.1 Å². The normalized spacial score (nSPS) is 11.2. The predicted octanol–water partition coefficient (Wildman–Crippen LogP) is 5.20. The highest BCUT2D eigenvalue weighted by molar-refractivity contribution is 9.10. The Morgan fingerprint density at radius 1 is 1.14 bits per heavy atom. The van der Waals surface area contributed by atoms with Gasteiger partial charge in [-0.1, -0.05) is 40.2 Å². The second-order valence-electron chi connectivity index (χ2n) is 5.94. The second-order valence-corrected chi connectivity index (χ2v) is 8.02. The van der Waals surface area contributed by atoms with Crippen molar-refractivity contribution in [1.82, 2.24) is 10.8 Å². The molecule has 4 N–H and O–H groups in total. The number of thiophene rings is 1. The van der Waals surface area contributed by atoms with Gasteiger partial charge in [0.25, 0.3) is 0 Å². The van der Waals surface area contributed by atoms with Gasteiger partial charge in [-0.25, -0.2) is 9.79 Å². The first-order valence-electron chi connectivity index (χ1n) is 8.49. The SMILES string of the molecule is Cc1ccccc1NC(=O)NCc1ccc(C(=Nc2cccc(Br)c2)NO)s1. The molecular weight excluding hydrogens is 440 g/mol. The van der Waals surface area contributed by atoms with E-state index in [0.717, 1.165) is 25.5 Å². The van der Waals surface area contributed by atoms with Crippen LogP contribution in [0, 0.1) is 6.92 Å². The van der Waals surface area contributed by atoms with E-state index in [1.54, 1.807) is 0 Å². The molecule has 6 nitrogen and oxygen atoms in total. The van der Waals surface area contributed by atoms with Crippen molar-refractivity contribution in [1.29, 1.82) is 0 Å². The Morgan fingerprint density at radius 3 is 2.71 bits per heavy atom. The van der Waals surface area contributed by atoms with Crippen molar-refractivity contribution >= 4 is 50.5 Å². The van der Waals surface area contributed by atoms with Crippen molar-refractivity contribution in [3.8, 4) is 0 Å². The van der Waals surface area contributed by atoms with Crippen molar-refractivity contribution in [3.63, 3.8) is 0 Å². The van der Waals surface area contributed by atoms with Crippen LogP contribution in [-0.4, -0.2) is 17.1 Å². The van der Waals surface area contributed by atoms with Gasteiger partial charge in [0.2, 0.25) is 0 Å². The minimum absolute atomic E-state index is 0.271. The number of amidine groups is 1. The van der Waals surface area contributed by atoms with E-state index in [9.17, 15) is 10.0 Å². The number of carbonyl (C=O) groups is 1. The van der Waals surface area contributed by atoms with Crippen LogP contribution in [-0.2, 0) is 6.54 Å². The molecule has 28 heavy (non-hydrogen) atoms. The Balaban J connectivity index is 1.63. The third-order valence-electron chi connectivity index (χ3n) is 3.87. The standard InChI is InChI=1S/C20H19BrN4O2S/c1-13-5-2-3-8-17(13)24-20(26)22-12-16-9-10-18(28-16)19(25-27)23-15-7-4-6-14(21)11-15/h2-11,27H,12H2,1H3,(H,23,25)(H2,22,24,26). The Kier molecular flexibility index (Phi) is 6.80. The van der Waals surface area contributed by atoms with Crippen LogP contribution in [0.2, 0.25) is 0 Å². The van der Waals surface area contributed by atoms with E-state index in [2.05, 4.69) is 37.0 Å². The van der Waals surface area contributed by atoms with Crippen molar-refractivity contribution in [2.75, 3.05) is 5.32 Å². The Morgan fingerprint density at radius 2 is 1.96 bits per heavy atom. The smallest absolute Gasteiger partial charge is 0.319 e. The molecule has 0 spiro atoms. The number of nitrogens with one attached hydrogen (secondary N) is 3. The zero-order valence-corrected chi connectivity index (χ0v) is 17.5. The van der Waals surface area contributed by atoms with Gasteiger partial charge in [-0.3, -0.25) is 10.7 Å². The number of hydrogen-bond donors (Lipinski definition) is 4. The highest BCUT2D eigenvalue weighted by atomic mass is 79.9. The molecular formula is C20H19BrN4O2S. The maximum Gasteiger partial charge on any atom is 0.319 e. The van der Waals surface area contributed by atoms with E-state index in [4.69, 9.17) is 0 Å². The van der Waals surface area contributed by atoms with E-state index >= 15 is 0 Å². The number of halogens is 1.